The molecular formula is C21H26N4S. The number of thiophene rings is 1. The molecule has 0 saturated carbocycles. The summed E-state index contributed by atoms with van der Waals surface area (Å²) < 4.78 is 1.31. The van der Waals surface area contributed by atoms with Crippen LogP contribution in [0, 0.1) is 0 Å². The minimum atomic E-state index is 0.996. The number of hydrogen-bond acceptors (Lipinski definition) is 5. The second-order valence-electron chi connectivity index (χ2n) is 7.18. The molecule has 4 nitrogen and oxygen atoms in total. The zero-order valence-electron chi connectivity index (χ0n) is 15.6. The van der Waals surface area contributed by atoms with Crippen molar-refractivity contribution in [3.8, 4) is 10.6 Å². The standard InChI is InChI=1S/C21H26N4S/c1-3-4-17-7-8-22-19-13-20(26-21(17)19)18-6-5-16(14-23-18)15-25-11-9-24(2)10-12-25/h5-8,13-14H,3-4,9-12,15H2,1-2H3. The molecule has 0 N–H and O–H groups in total. The molecule has 0 bridgehead atoms. The Morgan fingerprint density at radius 2 is 1.92 bits per heavy atom. The van der Waals surface area contributed by atoms with Gasteiger partial charge >= 0.3 is 0 Å². The maximum atomic E-state index is 4.75. The van der Waals surface area contributed by atoms with Crippen molar-refractivity contribution in [2.24, 2.45) is 0 Å². The monoisotopic (exact) mass is 366 g/mol. The second kappa shape index (κ2) is 7.82. The van der Waals surface area contributed by atoms with Gasteiger partial charge in [-0.1, -0.05) is 19.4 Å². The molecule has 1 aliphatic heterocycles. The van der Waals surface area contributed by atoms with Gasteiger partial charge in [0.25, 0.3) is 0 Å². The normalized spacial score (nSPS) is 16.4. The lowest BCUT2D eigenvalue weighted by atomic mass is 10.1. The number of aryl methyl sites for hydroxylation is 1. The summed E-state index contributed by atoms with van der Waals surface area (Å²) in [5.41, 5.74) is 4.85. The maximum Gasteiger partial charge on any atom is 0.0819 e. The molecule has 26 heavy (non-hydrogen) atoms. The van der Waals surface area contributed by atoms with Crippen LogP contribution in [0.1, 0.15) is 24.5 Å². The summed E-state index contributed by atoms with van der Waals surface area (Å²) in [6.45, 7) is 7.80. The van der Waals surface area contributed by atoms with Gasteiger partial charge < -0.3 is 4.90 Å². The fourth-order valence-corrected chi connectivity index (χ4v) is 4.64. The first-order valence-corrected chi connectivity index (χ1v) is 10.3. The molecule has 3 aromatic heterocycles. The third kappa shape index (κ3) is 3.80. The van der Waals surface area contributed by atoms with E-state index in [1.54, 1.807) is 0 Å². The summed E-state index contributed by atoms with van der Waals surface area (Å²) in [6, 6.07) is 8.72. The number of hydrogen-bond donors (Lipinski definition) is 0. The quantitative estimate of drug-likeness (QED) is 0.682. The van der Waals surface area contributed by atoms with Gasteiger partial charge in [0.05, 0.1) is 20.8 Å². The van der Waals surface area contributed by atoms with Crippen molar-refractivity contribution < 1.29 is 0 Å². The Morgan fingerprint density at radius 1 is 1.08 bits per heavy atom. The van der Waals surface area contributed by atoms with Gasteiger partial charge in [0.15, 0.2) is 0 Å². The number of pyridine rings is 2. The van der Waals surface area contributed by atoms with Crippen LogP contribution in [0.4, 0.5) is 0 Å². The number of aromatic nitrogens is 2. The van der Waals surface area contributed by atoms with Crippen LogP contribution in [0.5, 0.6) is 0 Å². The van der Waals surface area contributed by atoms with E-state index in [-0.39, 0.29) is 0 Å². The van der Waals surface area contributed by atoms with Crippen LogP contribution in [0.25, 0.3) is 20.8 Å². The van der Waals surface area contributed by atoms with Gasteiger partial charge in [-0.3, -0.25) is 14.9 Å². The third-order valence-corrected chi connectivity index (χ3v) is 6.31. The van der Waals surface area contributed by atoms with Crippen molar-refractivity contribution in [3.05, 3.63) is 47.8 Å². The molecule has 1 saturated heterocycles. The highest BCUT2D eigenvalue weighted by Crippen LogP contribution is 2.34. The Morgan fingerprint density at radius 3 is 2.65 bits per heavy atom. The Balaban J connectivity index is 1.51. The Kier molecular flexibility index (Phi) is 5.29. The highest BCUT2D eigenvalue weighted by atomic mass is 32.1. The highest BCUT2D eigenvalue weighted by molar-refractivity contribution is 7.22. The summed E-state index contributed by atoms with van der Waals surface area (Å²) in [5, 5.41) is 0. The van der Waals surface area contributed by atoms with Crippen molar-refractivity contribution in [1.82, 2.24) is 19.8 Å². The van der Waals surface area contributed by atoms with E-state index < -0.39 is 0 Å². The van der Waals surface area contributed by atoms with Crippen LogP contribution >= 0.6 is 11.3 Å². The van der Waals surface area contributed by atoms with Crippen molar-refractivity contribution >= 4 is 21.6 Å². The molecule has 5 heteroatoms. The van der Waals surface area contributed by atoms with Gasteiger partial charge in [-0.05, 0) is 42.8 Å². The Hall–Kier alpha value is -1.82. The summed E-state index contributed by atoms with van der Waals surface area (Å²) >= 11 is 1.82. The van der Waals surface area contributed by atoms with E-state index >= 15 is 0 Å². The summed E-state index contributed by atoms with van der Waals surface area (Å²) in [7, 11) is 2.19. The molecule has 0 unspecified atom stereocenters. The average molecular weight is 367 g/mol. The molecule has 0 radical (unpaired) electrons. The van der Waals surface area contributed by atoms with E-state index in [0.29, 0.717) is 0 Å². The fraction of sp³-hybridized carbons (Fsp3) is 0.429. The lowest BCUT2D eigenvalue weighted by Crippen LogP contribution is -2.43. The van der Waals surface area contributed by atoms with Gasteiger partial charge in [0.2, 0.25) is 0 Å². The molecule has 1 fully saturated rings. The van der Waals surface area contributed by atoms with Crippen LogP contribution in [-0.4, -0.2) is 53.0 Å². The number of fused-ring (bicyclic) bond motifs is 1. The van der Waals surface area contributed by atoms with Crippen LogP contribution in [0.3, 0.4) is 0 Å². The maximum absolute atomic E-state index is 4.75. The van der Waals surface area contributed by atoms with E-state index in [0.717, 1.165) is 56.8 Å². The van der Waals surface area contributed by atoms with Crippen LogP contribution in [0.15, 0.2) is 36.7 Å². The van der Waals surface area contributed by atoms with Crippen molar-refractivity contribution in [2.45, 2.75) is 26.3 Å². The van der Waals surface area contributed by atoms with E-state index in [2.05, 4.69) is 53.0 Å². The molecule has 0 atom stereocenters. The minimum absolute atomic E-state index is 0.996. The van der Waals surface area contributed by atoms with Gasteiger partial charge in [0.1, 0.15) is 0 Å². The summed E-state index contributed by atoms with van der Waals surface area (Å²) in [5.74, 6) is 0. The molecular weight excluding hydrogens is 340 g/mol. The van der Waals surface area contributed by atoms with E-state index in [1.807, 2.05) is 23.7 Å². The molecule has 0 aliphatic carbocycles. The van der Waals surface area contributed by atoms with Gasteiger partial charge in [-0.25, -0.2) is 0 Å². The van der Waals surface area contributed by atoms with Crippen molar-refractivity contribution in [1.29, 1.82) is 0 Å². The van der Waals surface area contributed by atoms with E-state index in [4.69, 9.17) is 4.98 Å². The predicted molar refractivity (Wildman–Crippen MR) is 110 cm³/mol. The first kappa shape index (κ1) is 17.6. The number of rotatable bonds is 5. The molecule has 4 heterocycles. The number of nitrogens with zero attached hydrogens (tertiary/aromatic N) is 4. The molecule has 136 valence electrons. The van der Waals surface area contributed by atoms with Crippen LogP contribution in [0.2, 0.25) is 0 Å². The lowest BCUT2D eigenvalue weighted by Gasteiger charge is -2.32. The first-order valence-electron chi connectivity index (χ1n) is 9.46. The highest BCUT2D eigenvalue weighted by Gasteiger charge is 2.14. The van der Waals surface area contributed by atoms with E-state index in [9.17, 15) is 0 Å². The summed E-state index contributed by atoms with van der Waals surface area (Å²) in [6.07, 6.45) is 6.23. The van der Waals surface area contributed by atoms with Crippen LogP contribution < -0.4 is 0 Å². The Bertz CT molecular complexity index is 863. The molecule has 0 spiro atoms. The summed E-state index contributed by atoms with van der Waals surface area (Å²) in [4.78, 5) is 15.4. The minimum Gasteiger partial charge on any atom is -0.304 e. The van der Waals surface area contributed by atoms with Gasteiger partial charge in [0, 0.05) is 45.1 Å². The first-order chi connectivity index (χ1) is 12.7. The SMILES string of the molecule is CCCc1ccnc2cc(-c3ccc(CN4CCN(C)CC4)cn3)sc12. The lowest BCUT2D eigenvalue weighted by molar-refractivity contribution is 0.148. The zero-order chi connectivity index (χ0) is 17.9. The largest absolute Gasteiger partial charge is 0.304 e. The average Bonchev–Trinajstić information content (AvgIpc) is 3.10. The Labute approximate surface area is 159 Å². The smallest absolute Gasteiger partial charge is 0.0819 e. The van der Waals surface area contributed by atoms with Gasteiger partial charge in [-0.15, -0.1) is 11.3 Å². The molecule has 0 amide bonds. The fourth-order valence-electron chi connectivity index (χ4n) is 3.51. The van der Waals surface area contributed by atoms with Crippen molar-refractivity contribution in [3.63, 3.8) is 0 Å². The van der Waals surface area contributed by atoms with Gasteiger partial charge in [-0.2, -0.15) is 0 Å². The van der Waals surface area contributed by atoms with E-state index in [1.165, 1.54) is 20.7 Å². The predicted octanol–water partition coefficient (Wildman–Crippen LogP) is 4.06. The number of piperazine rings is 1. The topological polar surface area (TPSA) is 32.3 Å². The molecule has 1 aliphatic rings. The molecule has 0 aromatic carbocycles. The third-order valence-electron chi connectivity index (χ3n) is 5.09. The van der Waals surface area contributed by atoms with Crippen LogP contribution in [-0.2, 0) is 13.0 Å². The zero-order valence-corrected chi connectivity index (χ0v) is 16.4. The molecule has 3 aromatic rings. The second-order valence-corrected chi connectivity index (χ2v) is 8.23. The molecule has 4 rings (SSSR count). The van der Waals surface area contributed by atoms with Crippen molar-refractivity contribution in [2.75, 3.05) is 33.2 Å². The number of likely N-dealkylation sites (N-methyl/N-ethyl adjacent to an activating group) is 1.